The summed E-state index contributed by atoms with van der Waals surface area (Å²) in [6.45, 7) is 1.86. The molecule has 1 aliphatic carbocycles. The lowest BCUT2D eigenvalue weighted by Gasteiger charge is -2.41. The van der Waals surface area contributed by atoms with Gasteiger partial charge in [-0.2, -0.15) is 0 Å². The second-order valence-corrected chi connectivity index (χ2v) is 7.68. The molecule has 6 heteroatoms. The zero-order valence-corrected chi connectivity index (χ0v) is 14.5. The molecule has 2 aromatic heterocycles. The smallest absolute Gasteiger partial charge is 0.228 e. The first-order valence-electron chi connectivity index (χ1n) is 8.79. The average Bonchev–Trinajstić information content (AvgIpc) is 3.10. The van der Waals surface area contributed by atoms with Crippen LogP contribution in [0, 0.1) is 11.8 Å². The van der Waals surface area contributed by atoms with Crippen LogP contribution in [0.1, 0.15) is 37.8 Å². The third-order valence-electron chi connectivity index (χ3n) is 5.29. The second-order valence-electron chi connectivity index (χ2n) is 6.83. The lowest BCUT2D eigenvalue weighted by Crippen LogP contribution is -2.45. The highest BCUT2D eigenvalue weighted by molar-refractivity contribution is 7.13. The molecule has 0 aromatic carbocycles. The molecular formula is C18H22N4OS. The van der Waals surface area contributed by atoms with E-state index < -0.39 is 0 Å². The van der Waals surface area contributed by atoms with Crippen molar-refractivity contribution >= 4 is 17.2 Å². The minimum absolute atomic E-state index is 0.213. The van der Waals surface area contributed by atoms with Gasteiger partial charge in [-0.25, -0.2) is 15.0 Å². The number of likely N-dealkylation sites (tertiary alicyclic amines) is 1. The molecular weight excluding hydrogens is 320 g/mol. The summed E-state index contributed by atoms with van der Waals surface area (Å²) >= 11 is 1.50. The van der Waals surface area contributed by atoms with Crippen molar-refractivity contribution in [2.75, 3.05) is 13.1 Å². The van der Waals surface area contributed by atoms with Crippen molar-refractivity contribution in [1.82, 2.24) is 19.9 Å². The Balaban J connectivity index is 1.39. The van der Waals surface area contributed by atoms with Crippen molar-refractivity contribution in [3.05, 3.63) is 29.5 Å². The van der Waals surface area contributed by atoms with Gasteiger partial charge in [0.25, 0.3) is 0 Å². The molecule has 126 valence electrons. The van der Waals surface area contributed by atoms with Crippen LogP contribution in [0.25, 0.3) is 10.8 Å². The lowest BCUT2D eigenvalue weighted by atomic mass is 9.75. The zero-order chi connectivity index (χ0) is 16.4. The van der Waals surface area contributed by atoms with Gasteiger partial charge >= 0.3 is 0 Å². The number of rotatable bonds is 3. The van der Waals surface area contributed by atoms with E-state index in [-0.39, 0.29) is 5.91 Å². The zero-order valence-electron chi connectivity index (χ0n) is 13.7. The maximum absolute atomic E-state index is 12.6. The Hall–Kier alpha value is -1.82. The van der Waals surface area contributed by atoms with Crippen molar-refractivity contribution in [2.45, 2.75) is 38.5 Å². The van der Waals surface area contributed by atoms with Crippen molar-refractivity contribution in [1.29, 1.82) is 0 Å². The molecule has 0 radical (unpaired) electrons. The second kappa shape index (κ2) is 6.97. The van der Waals surface area contributed by atoms with E-state index in [0.717, 1.165) is 35.6 Å². The number of aromatic nitrogens is 3. The largest absolute Gasteiger partial charge is 0.342 e. The first-order chi connectivity index (χ1) is 11.8. The Labute approximate surface area is 146 Å². The van der Waals surface area contributed by atoms with Gasteiger partial charge in [-0.05, 0) is 30.7 Å². The van der Waals surface area contributed by atoms with Crippen molar-refractivity contribution in [3.63, 3.8) is 0 Å². The van der Waals surface area contributed by atoms with E-state index in [1.54, 1.807) is 18.5 Å². The van der Waals surface area contributed by atoms with E-state index in [1.165, 1.54) is 43.4 Å². The van der Waals surface area contributed by atoms with Gasteiger partial charge in [0.05, 0.1) is 12.1 Å². The van der Waals surface area contributed by atoms with Crippen LogP contribution in [-0.2, 0) is 11.2 Å². The van der Waals surface area contributed by atoms with Gasteiger partial charge in [0, 0.05) is 30.9 Å². The van der Waals surface area contributed by atoms with Crippen LogP contribution in [0.15, 0.2) is 23.8 Å². The summed E-state index contributed by atoms with van der Waals surface area (Å²) in [6, 6.07) is 1.79. The van der Waals surface area contributed by atoms with Gasteiger partial charge in [-0.3, -0.25) is 4.79 Å². The van der Waals surface area contributed by atoms with Gasteiger partial charge in [-0.15, -0.1) is 11.3 Å². The number of hydrogen-bond donors (Lipinski definition) is 0. The fourth-order valence-corrected chi connectivity index (χ4v) is 4.76. The molecule has 1 aliphatic heterocycles. The van der Waals surface area contributed by atoms with Gasteiger partial charge in [0.2, 0.25) is 5.91 Å². The molecule has 2 atom stereocenters. The molecule has 24 heavy (non-hydrogen) atoms. The number of carbonyl (C=O) groups excluding carboxylic acids is 1. The molecule has 2 fully saturated rings. The summed E-state index contributed by atoms with van der Waals surface area (Å²) in [7, 11) is 0. The van der Waals surface area contributed by atoms with Crippen molar-refractivity contribution in [3.8, 4) is 10.8 Å². The minimum atomic E-state index is 0.213. The molecule has 5 nitrogen and oxygen atoms in total. The third kappa shape index (κ3) is 3.34. The quantitative estimate of drug-likeness (QED) is 0.859. The lowest BCUT2D eigenvalue weighted by molar-refractivity contribution is -0.133. The molecule has 1 saturated heterocycles. The molecule has 1 amide bonds. The van der Waals surface area contributed by atoms with Crippen molar-refractivity contribution < 1.29 is 4.79 Å². The Bertz CT molecular complexity index is 702. The van der Waals surface area contributed by atoms with Crippen LogP contribution in [0.3, 0.4) is 0 Å². The summed E-state index contributed by atoms with van der Waals surface area (Å²) in [6.07, 6.45) is 10.3. The maximum Gasteiger partial charge on any atom is 0.228 e. The van der Waals surface area contributed by atoms with Crippen LogP contribution in [-0.4, -0.2) is 38.8 Å². The Kier molecular flexibility index (Phi) is 4.56. The normalized spacial score (nSPS) is 23.8. The Morgan fingerprint density at radius 3 is 2.79 bits per heavy atom. The van der Waals surface area contributed by atoms with Gasteiger partial charge in [-0.1, -0.05) is 19.3 Å². The minimum Gasteiger partial charge on any atom is -0.342 e. The van der Waals surface area contributed by atoms with E-state index in [1.807, 2.05) is 5.38 Å². The van der Waals surface area contributed by atoms with E-state index in [2.05, 4.69) is 19.9 Å². The van der Waals surface area contributed by atoms with Crippen molar-refractivity contribution in [2.24, 2.45) is 11.8 Å². The van der Waals surface area contributed by atoms with E-state index in [9.17, 15) is 4.79 Å². The number of piperidine rings is 1. The number of nitrogens with zero attached hydrogens (tertiary/aromatic N) is 4. The highest BCUT2D eigenvalue weighted by Crippen LogP contribution is 2.36. The standard InChI is InChI=1S/C18H22N4OS/c23-16(22-9-6-13-4-1-2-5-14(13)11-22)10-15-12-24-18(21-15)17-19-7-3-8-20-17/h3,7-8,12-14H,1-2,4-6,9-11H2/t13-,14+/m1/s1. The molecule has 4 rings (SSSR count). The molecule has 0 spiro atoms. The van der Waals surface area contributed by atoms with Crippen LogP contribution in [0.2, 0.25) is 0 Å². The first kappa shape index (κ1) is 15.7. The van der Waals surface area contributed by atoms with Crippen LogP contribution in [0.4, 0.5) is 0 Å². The predicted molar refractivity (Wildman–Crippen MR) is 93.5 cm³/mol. The highest BCUT2D eigenvalue weighted by Gasteiger charge is 2.32. The number of thiazole rings is 1. The van der Waals surface area contributed by atoms with Gasteiger partial charge in [0.1, 0.15) is 0 Å². The molecule has 0 bridgehead atoms. The molecule has 2 aliphatic rings. The number of fused-ring (bicyclic) bond motifs is 1. The summed E-state index contributed by atoms with van der Waals surface area (Å²) in [5.74, 6) is 2.41. The molecule has 3 heterocycles. The molecule has 2 aromatic rings. The monoisotopic (exact) mass is 342 g/mol. The fraction of sp³-hybridized carbons (Fsp3) is 0.556. The predicted octanol–water partition coefficient (Wildman–Crippen LogP) is 3.18. The highest BCUT2D eigenvalue weighted by atomic mass is 32.1. The summed E-state index contributed by atoms with van der Waals surface area (Å²) in [4.78, 5) is 27.7. The van der Waals surface area contributed by atoms with Crippen LogP contribution >= 0.6 is 11.3 Å². The Morgan fingerprint density at radius 2 is 1.96 bits per heavy atom. The van der Waals surface area contributed by atoms with Gasteiger partial charge < -0.3 is 4.90 Å². The van der Waals surface area contributed by atoms with Crippen LogP contribution < -0.4 is 0 Å². The number of hydrogen-bond acceptors (Lipinski definition) is 5. The topological polar surface area (TPSA) is 59.0 Å². The number of carbonyl (C=O) groups is 1. The van der Waals surface area contributed by atoms with Gasteiger partial charge in [0.15, 0.2) is 10.8 Å². The molecule has 0 N–H and O–H groups in total. The first-order valence-corrected chi connectivity index (χ1v) is 9.67. The van der Waals surface area contributed by atoms with E-state index >= 15 is 0 Å². The Morgan fingerprint density at radius 1 is 1.17 bits per heavy atom. The van der Waals surface area contributed by atoms with E-state index in [0.29, 0.717) is 12.2 Å². The summed E-state index contributed by atoms with van der Waals surface area (Å²) in [5, 5.41) is 2.74. The fourth-order valence-electron chi connectivity index (χ4n) is 3.99. The van der Waals surface area contributed by atoms with Crippen LogP contribution in [0.5, 0.6) is 0 Å². The third-order valence-corrected chi connectivity index (χ3v) is 6.17. The summed E-state index contributed by atoms with van der Waals surface area (Å²) < 4.78 is 0. The summed E-state index contributed by atoms with van der Waals surface area (Å²) in [5.41, 5.74) is 0.832. The SMILES string of the molecule is O=C(Cc1csc(-c2ncccn2)n1)N1CC[C@H]2CCCC[C@H]2C1. The maximum atomic E-state index is 12.6. The van der Waals surface area contributed by atoms with E-state index in [4.69, 9.17) is 0 Å². The molecule has 0 unspecified atom stereocenters. The average molecular weight is 342 g/mol. The number of amides is 1. The molecule has 1 saturated carbocycles.